The van der Waals surface area contributed by atoms with Gasteiger partial charge < -0.3 is 20.5 Å². The number of nitrogens with zero attached hydrogens (tertiary/aromatic N) is 1. The van der Waals surface area contributed by atoms with Gasteiger partial charge in [-0.15, -0.1) is 0 Å². The molecule has 0 amide bonds. The van der Waals surface area contributed by atoms with Crippen LogP contribution in [0.1, 0.15) is 10.4 Å². The third kappa shape index (κ3) is 3.43. The molecule has 88 valence electrons. The summed E-state index contributed by atoms with van der Waals surface area (Å²) in [4.78, 5) is 13.4. The largest absolute Gasteiger partial charge is 0.507 e. The van der Waals surface area contributed by atoms with Crippen LogP contribution in [0.5, 0.6) is 5.75 Å². The smallest absolute Gasteiger partial charge is 0.341 e. The minimum absolute atomic E-state index is 0.132. The molecule has 0 aliphatic heterocycles. The van der Waals surface area contributed by atoms with E-state index in [4.69, 9.17) is 10.5 Å². The second-order valence-electron chi connectivity index (χ2n) is 3.72. The third-order valence-corrected chi connectivity index (χ3v) is 2.01. The lowest BCUT2D eigenvalue weighted by atomic mass is 10.2. The number of rotatable bonds is 4. The van der Waals surface area contributed by atoms with Crippen molar-refractivity contribution in [2.45, 2.75) is 0 Å². The summed E-state index contributed by atoms with van der Waals surface area (Å²) in [7, 11) is 3.77. The number of phenols is 1. The number of likely N-dealkylation sites (N-methyl/N-ethyl adjacent to an activating group) is 1. The van der Waals surface area contributed by atoms with Crippen LogP contribution in [0, 0.1) is 0 Å². The monoisotopic (exact) mass is 224 g/mol. The number of anilines is 1. The van der Waals surface area contributed by atoms with E-state index in [9.17, 15) is 9.90 Å². The summed E-state index contributed by atoms with van der Waals surface area (Å²) in [5.41, 5.74) is 5.99. The highest BCUT2D eigenvalue weighted by atomic mass is 16.5. The van der Waals surface area contributed by atoms with Crippen LogP contribution in [-0.4, -0.2) is 43.2 Å². The first kappa shape index (κ1) is 12.3. The lowest BCUT2D eigenvalue weighted by Gasteiger charge is -2.10. The first-order valence-electron chi connectivity index (χ1n) is 4.91. The molecule has 0 heterocycles. The van der Waals surface area contributed by atoms with Crippen molar-refractivity contribution in [3.8, 4) is 5.75 Å². The van der Waals surface area contributed by atoms with Gasteiger partial charge in [-0.3, -0.25) is 0 Å². The van der Waals surface area contributed by atoms with Crippen LogP contribution in [-0.2, 0) is 4.74 Å². The summed E-state index contributed by atoms with van der Waals surface area (Å²) in [6, 6.07) is 4.31. The average Bonchev–Trinajstić information content (AvgIpc) is 2.16. The molecule has 1 aromatic rings. The number of hydrogen-bond acceptors (Lipinski definition) is 5. The number of phenolic OH excluding ortho intramolecular Hbond substituents is 1. The van der Waals surface area contributed by atoms with Crippen molar-refractivity contribution in [3.63, 3.8) is 0 Å². The summed E-state index contributed by atoms with van der Waals surface area (Å²) in [6.45, 7) is 0.928. The summed E-state index contributed by atoms with van der Waals surface area (Å²) < 4.78 is 4.98. The number of esters is 1. The van der Waals surface area contributed by atoms with Crippen LogP contribution in [0.2, 0.25) is 0 Å². The number of carbonyl (C=O) groups excluding carboxylic acids is 1. The molecule has 0 spiro atoms. The minimum Gasteiger partial charge on any atom is -0.507 e. The van der Waals surface area contributed by atoms with Gasteiger partial charge in [-0.1, -0.05) is 0 Å². The number of benzene rings is 1. The van der Waals surface area contributed by atoms with E-state index in [1.165, 1.54) is 12.1 Å². The number of carbonyl (C=O) groups is 1. The molecule has 0 atom stereocenters. The van der Waals surface area contributed by atoms with Crippen LogP contribution in [0.15, 0.2) is 18.2 Å². The summed E-state index contributed by atoms with van der Waals surface area (Å²) >= 11 is 0. The van der Waals surface area contributed by atoms with Gasteiger partial charge >= 0.3 is 5.97 Å². The molecule has 0 fully saturated rings. The highest BCUT2D eigenvalue weighted by Gasteiger charge is 2.12. The molecule has 0 radical (unpaired) electrons. The highest BCUT2D eigenvalue weighted by molar-refractivity contribution is 5.92. The molecule has 1 rings (SSSR count). The van der Waals surface area contributed by atoms with E-state index in [1.54, 1.807) is 6.07 Å². The number of nitrogen functional groups attached to an aromatic ring is 1. The Morgan fingerprint density at radius 2 is 2.19 bits per heavy atom. The molecule has 0 aliphatic rings. The van der Waals surface area contributed by atoms with Crippen molar-refractivity contribution >= 4 is 11.7 Å². The number of hydrogen-bond donors (Lipinski definition) is 2. The molecule has 5 nitrogen and oxygen atoms in total. The average molecular weight is 224 g/mol. The van der Waals surface area contributed by atoms with Gasteiger partial charge in [0.1, 0.15) is 17.9 Å². The molecule has 0 aliphatic carbocycles. The zero-order valence-corrected chi connectivity index (χ0v) is 9.43. The highest BCUT2D eigenvalue weighted by Crippen LogP contribution is 2.20. The maximum atomic E-state index is 11.5. The second-order valence-corrected chi connectivity index (χ2v) is 3.72. The Labute approximate surface area is 94.4 Å². The maximum Gasteiger partial charge on any atom is 0.341 e. The van der Waals surface area contributed by atoms with Crippen LogP contribution in [0.25, 0.3) is 0 Å². The van der Waals surface area contributed by atoms with Crippen molar-refractivity contribution in [1.82, 2.24) is 4.90 Å². The molecule has 0 saturated heterocycles. The molecule has 0 aromatic heterocycles. The van der Waals surface area contributed by atoms with Crippen molar-refractivity contribution in [1.29, 1.82) is 0 Å². The summed E-state index contributed by atoms with van der Waals surface area (Å²) in [5, 5.41) is 9.48. The third-order valence-electron chi connectivity index (χ3n) is 2.01. The Morgan fingerprint density at radius 1 is 1.50 bits per heavy atom. The van der Waals surface area contributed by atoms with E-state index < -0.39 is 5.97 Å². The van der Waals surface area contributed by atoms with Gasteiger partial charge in [0.15, 0.2) is 0 Å². The van der Waals surface area contributed by atoms with E-state index in [-0.39, 0.29) is 17.9 Å². The number of ether oxygens (including phenoxy) is 1. The van der Waals surface area contributed by atoms with Gasteiger partial charge in [-0.25, -0.2) is 4.79 Å². The Hall–Kier alpha value is -1.75. The number of aromatic hydroxyl groups is 1. The second kappa shape index (κ2) is 5.37. The Bertz CT molecular complexity index is 377. The van der Waals surface area contributed by atoms with E-state index in [0.29, 0.717) is 12.2 Å². The van der Waals surface area contributed by atoms with E-state index in [0.717, 1.165) is 0 Å². The number of nitrogens with two attached hydrogens (primary N) is 1. The van der Waals surface area contributed by atoms with E-state index in [2.05, 4.69) is 0 Å². The SMILES string of the molecule is CN(C)CCOC(=O)c1ccc(N)cc1O. The van der Waals surface area contributed by atoms with E-state index in [1.807, 2.05) is 19.0 Å². The van der Waals surface area contributed by atoms with Crippen LogP contribution >= 0.6 is 0 Å². The fraction of sp³-hybridized carbons (Fsp3) is 0.364. The summed E-state index contributed by atoms with van der Waals surface area (Å²) in [6.07, 6.45) is 0. The van der Waals surface area contributed by atoms with Gasteiger partial charge in [0.05, 0.1) is 0 Å². The standard InChI is InChI=1S/C11H16N2O3/c1-13(2)5-6-16-11(15)9-4-3-8(12)7-10(9)14/h3-4,7,14H,5-6,12H2,1-2H3. The zero-order valence-electron chi connectivity index (χ0n) is 9.43. The van der Waals surface area contributed by atoms with E-state index >= 15 is 0 Å². The first-order valence-corrected chi connectivity index (χ1v) is 4.91. The molecule has 1 aromatic carbocycles. The van der Waals surface area contributed by atoms with Crippen LogP contribution in [0.4, 0.5) is 5.69 Å². The van der Waals surface area contributed by atoms with Gasteiger partial charge in [-0.2, -0.15) is 0 Å². The Morgan fingerprint density at radius 3 is 2.75 bits per heavy atom. The van der Waals surface area contributed by atoms with Gasteiger partial charge in [0.25, 0.3) is 0 Å². The molecular weight excluding hydrogens is 208 g/mol. The lowest BCUT2D eigenvalue weighted by molar-refractivity contribution is 0.0478. The maximum absolute atomic E-state index is 11.5. The minimum atomic E-state index is -0.542. The fourth-order valence-corrected chi connectivity index (χ4v) is 1.12. The summed E-state index contributed by atoms with van der Waals surface area (Å²) in [5.74, 6) is -0.700. The molecule has 3 N–H and O–H groups in total. The molecule has 16 heavy (non-hydrogen) atoms. The Kier molecular flexibility index (Phi) is 4.13. The predicted octanol–water partition coefficient (Wildman–Crippen LogP) is 0.693. The van der Waals surface area contributed by atoms with Crippen LogP contribution in [0.3, 0.4) is 0 Å². The first-order chi connectivity index (χ1) is 7.50. The molecule has 0 unspecified atom stereocenters. The topological polar surface area (TPSA) is 75.8 Å². The van der Waals surface area contributed by atoms with Crippen molar-refractivity contribution in [2.24, 2.45) is 0 Å². The molecule has 0 saturated carbocycles. The molecule has 0 bridgehead atoms. The Balaban J connectivity index is 2.59. The molecule has 5 heteroatoms. The van der Waals surface area contributed by atoms with Crippen molar-refractivity contribution in [2.75, 3.05) is 33.0 Å². The van der Waals surface area contributed by atoms with Crippen LogP contribution < -0.4 is 5.73 Å². The van der Waals surface area contributed by atoms with Gasteiger partial charge in [0, 0.05) is 18.3 Å². The quantitative estimate of drug-likeness (QED) is 0.581. The van der Waals surface area contributed by atoms with Gasteiger partial charge in [0.2, 0.25) is 0 Å². The van der Waals surface area contributed by atoms with Crippen molar-refractivity contribution < 1.29 is 14.6 Å². The predicted molar refractivity (Wildman–Crippen MR) is 61.4 cm³/mol. The fourth-order valence-electron chi connectivity index (χ4n) is 1.12. The lowest BCUT2D eigenvalue weighted by Crippen LogP contribution is -2.20. The normalized spacial score (nSPS) is 10.4. The zero-order chi connectivity index (χ0) is 12.1. The molecular formula is C11H16N2O3. The van der Waals surface area contributed by atoms with Crippen molar-refractivity contribution in [3.05, 3.63) is 23.8 Å². The van der Waals surface area contributed by atoms with Gasteiger partial charge in [-0.05, 0) is 26.2 Å².